The Morgan fingerprint density at radius 2 is 1.59 bits per heavy atom. The molecule has 0 spiro atoms. The second kappa shape index (κ2) is 12.3. The third-order valence-electron chi connectivity index (χ3n) is 8.31. The van der Waals surface area contributed by atoms with Crippen LogP contribution < -0.4 is 10.4 Å². The van der Waals surface area contributed by atoms with Crippen molar-refractivity contribution >= 4 is 41.6 Å². The first-order valence-corrected chi connectivity index (χ1v) is 16.7. The molecular weight excluding hydrogens is 526 g/mol. The molecule has 0 aliphatic carbocycles. The zero-order valence-corrected chi connectivity index (χ0v) is 25.9. The second-order valence-electron chi connectivity index (χ2n) is 11.8. The molecule has 1 aromatic heterocycles. The van der Waals surface area contributed by atoms with Gasteiger partial charge in [0.15, 0.2) is 0 Å². The highest BCUT2D eigenvalue weighted by Crippen LogP contribution is 2.39. The highest BCUT2D eigenvalue weighted by atomic mass is 28.4. The molecule has 1 aliphatic rings. The maximum atomic E-state index is 11.2. The summed E-state index contributed by atoms with van der Waals surface area (Å²) < 4.78 is 15.8. The topological polar surface area (TPSA) is 59.2 Å². The van der Waals surface area contributed by atoms with Gasteiger partial charge in [-0.25, -0.2) is 4.99 Å². The van der Waals surface area contributed by atoms with Crippen LogP contribution in [0.4, 0.5) is 5.69 Å². The van der Waals surface area contributed by atoms with Gasteiger partial charge in [0.1, 0.15) is 12.3 Å². The molecule has 0 saturated carbocycles. The van der Waals surface area contributed by atoms with Gasteiger partial charge in [0.05, 0.1) is 30.3 Å². The summed E-state index contributed by atoms with van der Waals surface area (Å²) in [4.78, 5) is 6.93. The fourth-order valence-electron chi connectivity index (χ4n) is 6.07. The zero-order valence-electron chi connectivity index (χ0n) is 24.9. The minimum absolute atomic E-state index is 0.142. The fourth-order valence-corrected chi connectivity index (χ4v) is 10.6. The highest BCUT2D eigenvalue weighted by Gasteiger charge is 2.51. The largest absolute Gasteiger partial charge is 0.405 e. The highest BCUT2D eigenvalue weighted by molar-refractivity contribution is 6.99. The van der Waals surface area contributed by atoms with E-state index in [9.17, 15) is 5.11 Å². The second-order valence-corrected chi connectivity index (χ2v) is 16.1. The van der Waals surface area contributed by atoms with E-state index in [0.717, 1.165) is 29.7 Å². The number of aliphatic hydroxyl groups excluding tert-OH is 1. The average molecular weight is 570 g/mol. The van der Waals surface area contributed by atoms with Crippen molar-refractivity contribution in [2.24, 2.45) is 4.99 Å². The van der Waals surface area contributed by atoms with Crippen molar-refractivity contribution in [3.05, 3.63) is 91.1 Å². The lowest BCUT2D eigenvalue weighted by Gasteiger charge is -2.43. The molecule has 2 heterocycles. The van der Waals surface area contributed by atoms with Crippen molar-refractivity contribution in [1.29, 1.82) is 0 Å². The number of benzene rings is 3. The summed E-state index contributed by atoms with van der Waals surface area (Å²) in [7, 11) is -2.73. The van der Waals surface area contributed by atoms with E-state index in [1.54, 1.807) is 0 Å². The van der Waals surface area contributed by atoms with E-state index >= 15 is 0 Å². The third-order valence-corrected chi connectivity index (χ3v) is 13.3. The minimum atomic E-state index is -2.73. The van der Waals surface area contributed by atoms with Crippen LogP contribution in [0.1, 0.15) is 47.3 Å². The molecule has 1 fully saturated rings. The van der Waals surface area contributed by atoms with Crippen LogP contribution in [0.3, 0.4) is 0 Å². The van der Waals surface area contributed by atoms with Crippen molar-refractivity contribution in [1.82, 2.24) is 9.47 Å². The van der Waals surface area contributed by atoms with E-state index in [1.807, 2.05) is 36.8 Å². The fraction of sp³-hybridized carbons (Fsp3) is 0.382. The first kappa shape index (κ1) is 29.3. The number of nitrogens with zero attached hydrogens (tertiary/aromatic N) is 3. The monoisotopic (exact) mass is 569 g/mol. The first-order chi connectivity index (χ1) is 19.8. The van der Waals surface area contributed by atoms with Gasteiger partial charge < -0.3 is 23.7 Å². The summed E-state index contributed by atoms with van der Waals surface area (Å²) in [5, 5.41) is 14.6. The molecule has 1 aliphatic heterocycles. The summed E-state index contributed by atoms with van der Waals surface area (Å²) in [6, 6.07) is 29.4. The number of aliphatic imine (C=N–C) groups is 1. The standard InChI is InChI=1S/C34H43N3O3Si/c1-6-36(7-2)25-35-29-19-14-20-30-28(29)21-22-37(30)33-23-31(38)32(40-33)24-39-41(34(3,4)5,26-15-10-8-11-16-26)27-17-12-9-13-18-27/h8-22,25,31-33,38H,6-7,23-24H2,1-5H3/b35-25+/t31-,32+,33+/m0/s1. The Labute approximate surface area is 245 Å². The summed E-state index contributed by atoms with van der Waals surface area (Å²) in [5.74, 6) is 0. The lowest BCUT2D eigenvalue weighted by Crippen LogP contribution is -2.67. The molecule has 3 aromatic carbocycles. The van der Waals surface area contributed by atoms with Crippen LogP contribution in [0.15, 0.2) is 96.1 Å². The molecule has 1 saturated heterocycles. The Morgan fingerprint density at radius 1 is 0.951 bits per heavy atom. The van der Waals surface area contributed by atoms with E-state index < -0.39 is 20.5 Å². The van der Waals surface area contributed by atoms with Gasteiger partial charge in [-0.05, 0) is 47.5 Å². The van der Waals surface area contributed by atoms with Crippen molar-refractivity contribution in [2.75, 3.05) is 19.7 Å². The number of aromatic nitrogens is 1. The number of hydrogen-bond donors (Lipinski definition) is 1. The van der Waals surface area contributed by atoms with Gasteiger partial charge >= 0.3 is 0 Å². The Bertz CT molecular complexity index is 1410. The zero-order chi connectivity index (χ0) is 29.0. The summed E-state index contributed by atoms with van der Waals surface area (Å²) in [6.45, 7) is 13.2. The predicted octanol–water partition coefficient (Wildman–Crippen LogP) is 5.87. The van der Waals surface area contributed by atoms with Crippen LogP contribution in [-0.2, 0) is 9.16 Å². The van der Waals surface area contributed by atoms with Gasteiger partial charge in [-0.3, -0.25) is 0 Å². The number of fused-ring (bicyclic) bond motifs is 1. The molecule has 3 atom stereocenters. The maximum Gasteiger partial charge on any atom is 0.261 e. The molecule has 5 rings (SSSR count). The predicted molar refractivity (Wildman–Crippen MR) is 171 cm³/mol. The van der Waals surface area contributed by atoms with Gasteiger partial charge in [0.25, 0.3) is 8.32 Å². The van der Waals surface area contributed by atoms with E-state index in [4.69, 9.17) is 14.2 Å². The molecule has 4 aromatic rings. The van der Waals surface area contributed by atoms with Crippen LogP contribution in [0.2, 0.25) is 5.04 Å². The number of hydrogen-bond acceptors (Lipinski definition) is 4. The lowest BCUT2D eigenvalue weighted by atomic mass is 10.2. The SMILES string of the molecule is CCN(/C=N/c1cccc2c1ccn2[C@H]1C[C@H](O)[C@@H](CO[Si](c2ccccc2)(c2ccccc2)C(C)(C)C)O1)CC. The van der Waals surface area contributed by atoms with Crippen LogP contribution in [0, 0.1) is 0 Å². The molecule has 41 heavy (non-hydrogen) atoms. The van der Waals surface area contributed by atoms with E-state index in [0.29, 0.717) is 13.0 Å². The van der Waals surface area contributed by atoms with Crippen molar-refractivity contribution in [3.8, 4) is 0 Å². The molecular formula is C34H43N3O3Si. The van der Waals surface area contributed by atoms with Gasteiger partial charge in [-0.1, -0.05) is 87.5 Å². The van der Waals surface area contributed by atoms with E-state index in [-0.39, 0.29) is 11.3 Å². The van der Waals surface area contributed by atoms with Crippen LogP contribution in [0.25, 0.3) is 10.9 Å². The first-order valence-electron chi connectivity index (χ1n) is 14.7. The summed E-state index contributed by atoms with van der Waals surface area (Å²) in [5.41, 5.74) is 1.98. The molecule has 0 bridgehead atoms. The smallest absolute Gasteiger partial charge is 0.261 e. The number of rotatable bonds is 10. The average Bonchev–Trinajstić information content (AvgIpc) is 3.58. The molecule has 7 heteroatoms. The molecule has 0 radical (unpaired) electrons. The molecule has 6 nitrogen and oxygen atoms in total. The molecule has 216 valence electrons. The molecule has 0 unspecified atom stereocenters. The molecule has 1 N–H and O–H groups in total. The third kappa shape index (κ3) is 5.77. The van der Waals surface area contributed by atoms with Gasteiger partial charge in [-0.2, -0.15) is 0 Å². The van der Waals surface area contributed by atoms with Gasteiger partial charge in [0.2, 0.25) is 0 Å². The summed E-state index contributed by atoms with van der Waals surface area (Å²) in [6.07, 6.45) is 3.13. The maximum absolute atomic E-state index is 11.2. The van der Waals surface area contributed by atoms with E-state index in [1.165, 1.54) is 10.4 Å². The number of ether oxygens (including phenoxy) is 1. The normalized spacial score (nSPS) is 19.8. The lowest BCUT2D eigenvalue weighted by molar-refractivity contribution is -0.0395. The van der Waals surface area contributed by atoms with Crippen LogP contribution >= 0.6 is 0 Å². The molecule has 0 amide bonds. The van der Waals surface area contributed by atoms with Crippen molar-refractivity contribution in [2.45, 2.75) is 64.5 Å². The van der Waals surface area contributed by atoms with Gasteiger partial charge in [-0.15, -0.1) is 0 Å². The quantitative estimate of drug-likeness (QED) is 0.148. The van der Waals surface area contributed by atoms with E-state index in [2.05, 4.69) is 105 Å². The minimum Gasteiger partial charge on any atom is -0.405 e. The summed E-state index contributed by atoms with van der Waals surface area (Å²) >= 11 is 0. The van der Waals surface area contributed by atoms with Crippen molar-refractivity contribution < 1.29 is 14.3 Å². The Morgan fingerprint density at radius 3 is 2.17 bits per heavy atom. The Kier molecular flexibility index (Phi) is 8.80. The number of aliphatic hydroxyl groups is 1. The Balaban J connectivity index is 1.40. The van der Waals surface area contributed by atoms with Gasteiger partial charge in [0, 0.05) is 31.1 Å². The van der Waals surface area contributed by atoms with Crippen molar-refractivity contribution in [3.63, 3.8) is 0 Å². The Hall–Kier alpha value is -3.23. The van der Waals surface area contributed by atoms with Crippen LogP contribution in [0.5, 0.6) is 0 Å². The van der Waals surface area contributed by atoms with Crippen LogP contribution in [-0.4, -0.2) is 61.1 Å².